The molecule has 4 heteroatoms. The van der Waals surface area contributed by atoms with Gasteiger partial charge in [0, 0.05) is 18.1 Å². The van der Waals surface area contributed by atoms with Crippen LogP contribution in [0.25, 0.3) is 0 Å². The Morgan fingerprint density at radius 3 is 2.65 bits per heavy atom. The fourth-order valence-electron chi connectivity index (χ4n) is 2.28. The van der Waals surface area contributed by atoms with Crippen molar-refractivity contribution in [3.8, 4) is 0 Å². The predicted octanol–water partition coefficient (Wildman–Crippen LogP) is 2.80. The molecule has 0 aliphatic carbocycles. The summed E-state index contributed by atoms with van der Waals surface area (Å²) in [4.78, 5) is 2.45. The van der Waals surface area contributed by atoms with Crippen LogP contribution in [0.15, 0.2) is 18.2 Å². The van der Waals surface area contributed by atoms with Gasteiger partial charge in [-0.05, 0) is 43.1 Å². The van der Waals surface area contributed by atoms with Crippen molar-refractivity contribution in [3.63, 3.8) is 0 Å². The van der Waals surface area contributed by atoms with E-state index in [1.165, 1.54) is 37.9 Å². The molecule has 1 saturated heterocycles. The van der Waals surface area contributed by atoms with E-state index in [1.807, 2.05) is 12.1 Å². The SMILES string of the molecule is ONCc1ccc(CN2CCCCC2)c(Cl)c1. The number of likely N-dealkylation sites (tertiary alicyclic amines) is 1. The second kappa shape index (κ2) is 6.36. The summed E-state index contributed by atoms with van der Waals surface area (Å²) in [5, 5.41) is 9.43. The highest BCUT2D eigenvalue weighted by atomic mass is 35.5. The molecule has 1 fully saturated rings. The molecule has 1 aromatic carbocycles. The molecule has 17 heavy (non-hydrogen) atoms. The molecule has 0 spiro atoms. The van der Waals surface area contributed by atoms with Crippen molar-refractivity contribution in [1.29, 1.82) is 0 Å². The molecule has 0 atom stereocenters. The first-order valence-corrected chi connectivity index (χ1v) is 6.54. The third kappa shape index (κ3) is 3.68. The Bertz CT molecular complexity index is 364. The highest BCUT2D eigenvalue weighted by molar-refractivity contribution is 6.31. The number of rotatable bonds is 4. The maximum absolute atomic E-state index is 8.64. The quantitative estimate of drug-likeness (QED) is 0.811. The largest absolute Gasteiger partial charge is 0.316 e. The summed E-state index contributed by atoms with van der Waals surface area (Å²) >= 11 is 6.25. The number of hydrogen-bond acceptors (Lipinski definition) is 3. The van der Waals surface area contributed by atoms with Gasteiger partial charge in [0.05, 0.1) is 0 Å². The number of piperidine rings is 1. The summed E-state index contributed by atoms with van der Waals surface area (Å²) < 4.78 is 0. The molecule has 0 bridgehead atoms. The summed E-state index contributed by atoms with van der Waals surface area (Å²) in [6.07, 6.45) is 3.94. The Kier molecular flexibility index (Phi) is 4.80. The van der Waals surface area contributed by atoms with Crippen molar-refractivity contribution >= 4 is 11.6 Å². The zero-order valence-electron chi connectivity index (χ0n) is 9.95. The van der Waals surface area contributed by atoms with E-state index in [0.717, 1.165) is 17.1 Å². The van der Waals surface area contributed by atoms with E-state index in [0.29, 0.717) is 6.54 Å². The van der Waals surface area contributed by atoms with Gasteiger partial charge in [0.25, 0.3) is 0 Å². The zero-order chi connectivity index (χ0) is 12.1. The molecule has 2 rings (SSSR count). The monoisotopic (exact) mass is 254 g/mol. The van der Waals surface area contributed by atoms with Crippen LogP contribution >= 0.6 is 11.6 Å². The molecule has 1 aromatic rings. The fourth-order valence-corrected chi connectivity index (χ4v) is 2.54. The number of hydroxylamine groups is 1. The number of nitrogens with one attached hydrogen (secondary N) is 1. The molecule has 1 aliphatic heterocycles. The minimum absolute atomic E-state index is 0.434. The van der Waals surface area contributed by atoms with Gasteiger partial charge in [-0.3, -0.25) is 4.90 Å². The van der Waals surface area contributed by atoms with E-state index in [9.17, 15) is 0 Å². The normalized spacial score (nSPS) is 17.3. The van der Waals surface area contributed by atoms with Gasteiger partial charge in [-0.1, -0.05) is 30.2 Å². The minimum Gasteiger partial charge on any atom is -0.316 e. The molecular weight excluding hydrogens is 236 g/mol. The highest BCUT2D eigenvalue weighted by Crippen LogP contribution is 2.21. The molecule has 94 valence electrons. The summed E-state index contributed by atoms with van der Waals surface area (Å²) in [7, 11) is 0. The summed E-state index contributed by atoms with van der Waals surface area (Å²) in [5.41, 5.74) is 4.32. The number of benzene rings is 1. The van der Waals surface area contributed by atoms with Gasteiger partial charge in [-0.15, -0.1) is 0 Å². The standard InChI is InChI=1S/C13H19ClN2O/c14-13-8-11(9-15-17)4-5-12(13)10-16-6-2-1-3-7-16/h4-5,8,15,17H,1-3,6-7,9-10H2. The molecular formula is C13H19ClN2O. The molecule has 3 nitrogen and oxygen atoms in total. The van der Waals surface area contributed by atoms with Crippen molar-refractivity contribution in [2.24, 2.45) is 0 Å². The molecule has 0 saturated carbocycles. The van der Waals surface area contributed by atoms with Gasteiger partial charge in [-0.2, -0.15) is 0 Å². The Balaban J connectivity index is 2.00. The summed E-state index contributed by atoms with van der Waals surface area (Å²) in [6.45, 7) is 3.72. The first kappa shape index (κ1) is 12.8. The Morgan fingerprint density at radius 2 is 2.00 bits per heavy atom. The third-order valence-corrected chi connectivity index (χ3v) is 3.60. The van der Waals surface area contributed by atoms with Crippen molar-refractivity contribution in [2.75, 3.05) is 13.1 Å². The van der Waals surface area contributed by atoms with E-state index in [-0.39, 0.29) is 0 Å². The molecule has 2 N–H and O–H groups in total. The van der Waals surface area contributed by atoms with Gasteiger partial charge in [0.1, 0.15) is 0 Å². The molecule has 1 heterocycles. The minimum atomic E-state index is 0.434. The Labute approximate surface area is 107 Å². The zero-order valence-corrected chi connectivity index (χ0v) is 10.7. The topological polar surface area (TPSA) is 35.5 Å². The van der Waals surface area contributed by atoms with Crippen LogP contribution in [0.4, 0.5) is 0 Å². The van der Waals surface area contributed by atoms with Gasteiger partial charge >= 0.3 is 0 Å². The fraction of sp³-hybridized carbons (Fsp3) is 0.538. The van der Waals surface area contributed by atoms with E-state index in [4.69, 9.17) is 16.8 Å². The van der Waals surface area contributed by atoms with Crippen molar-refractivity contribution in [2.45, 2.75) is 32.4 Å². The first-order chi connectivity index (χ1) is 8.29. The molecule has 0 aromatic heterocycles. The van der Waals surface area contributed by atoms with E-state index in [1.54, 1.807) is 0 Å². The van der Waals surface area contributed by atoms with E-state index >= 15 is 0 Å². The molecule has 1 aliphatic rings. The van der Waals surface area contributed by atoms with Crippen molar-refractivity contribution < 1.29 is 5.21 Å². The van der Waals surface area contributed by atoms with Crippen LogP contribution < -0.4 is 5.48 Å². The first-order valence-electron chi connectivity index (χ1n) is 6.16. The van der Waals surface area contributed by atoms with Gasteiger partial charge in [0.2, 0.25) is 0 Å². The van der Waals surface area contributed by atoms with Crippen LogP contribution in [0.3, 0.4) is 0 Å². The number of hydrogen-bond donors (Lipinski definition) is 2. The Hall–Kier alpha value is -0.610. The maximum atomic E-state index is 8.64. The van der Waals surface area contributed by atoms with Crippen LogP contribution in [-0.4, -0.2) is 23.2 Å². The summed E-state index contributed by atoms with van der Waals surface area (Å²) in [6, 6.07) is 5.99. The number of halogens is 1. The van der Waals surface area contributed by atoms with Crippen LogP contribution in [0.5, 0.6) is 0 Å². The number of nitrogens with zero attached hydrogens (tertiary/aromatic N) is 1. The maximum Gasteiger partial charge on any atom is 0.0458 e. The van der Waals surface area contributed by atoms with E-state index < -0.39 is 0 Å². The van der Waals surface area contributed by atoms with Gasteiger partial charge < -0.3 is 5.21 Å². The third-order valence-electron chi connectivity index (χ3n) is 3.24. The van der Waals surface area contributed by atoms with Crippen LogP contribution in [0.2, 0.25) is 5.02 Å². The average Bonchev–Trinajstić information content (AvgIpc) is 2.34. The van der Waals surface area contributed by atoms with Gasteiger partial charge in [0.15, 0.2) is 0 Å². The van der Waals surface area contributed by atoms with E-state index in [2.05, 4.69) is 16.4 Å². The van der Waals surface area contributed by atoms with Crippen LogP contribution in [-0.2, 0) is 13.1 Å². The lowest BCUT2D eigenvalue weighted by Crippen LogP contribution is -2.29. The smallest absolute Gasteiger partial charge is 0.0458 e. The second-order valence-corrected chi connectivity index (χ2v) is 5.00. The molecule has 0 unspecified atom stereocenters. The highest BCUT2D eigenvalue weighted by Gasteiger charge is 2.12. The lowest BCUT2D eigenvalue weighted by molar-refractivity contribution is 0.161. The second-order valence-electron chi connectivity index (χ2n) is 4.60. The van der Waals surface area contributed by atoms with Crippen molar-refractivity contribution in [3.05, 3.63) is 34.3 Å². The lowest BCUT2D eigenvalue weighted by Gasteiger charge is -2.26. The molecule has 0 amide bonds. The van der Waals surface area contributed by atoms with Gasteiger partial charge in [-0.25, -0.2) is 5.48 Å². The average molecular weight is 255 g/mol. The molecule has 0 radical (unpaired) electrons. The van der Waals surface area contributed by atoms with Crippen LogP contribution in [0, 0.1) is 0 Å². The van der Waals surface area contributed by atoms with Crippen molar-refractivity contribution in [1.82, 2.24) is 10.4 Å². The van der Waals surface area contributed by atoms with Crippen LogP contribution in [0.1, 0.15) is 30.4 Å². The lowest BCUT2D eigenvalue weighted by atomic mass is 10.1. The Morgan fingerprint density at radius 1 is 1.24 bits per heavy atom. The predicted molar refractivity (Wildman–Crippen MR) is 69.2 cm³/mol. The summed E-state index contributed by atoms with van der Waals surface area (Å²) in [5.74, 6) is 0.